The molecule has 9 heteroatoms. The van der Waals surface area contributed by atoms with E-state index in [2.05, 4.69) is 4.84 Å². The highest BCUT2D eigenvalue weighted by atomic mass is 32.2. The summed E-state index contributed by atoms with van der Waals surface area (Å²) in [4.78, 5) is 14.4. The molecule has 0 bridgehead atoms. The predicted octanol–water partition coefficient (Wildman–Crippen LogP) is 0.497. The molecule has 1 fully saturated rings. The van der Waals surface area contributed by atoms with Crippen LogP contribution in [0.25, 0.3) is 0 Å². The molecule has 1 rings (SSSR count). The third kappa shape index (κ3) is 4.73. The molecule has 1 aliphatic rings. The van der Waals surface area contributed by atoms with Crippen molar-refractivity contribution in [3.05, 3.63) is 11.5 Å². The largest absolute Gasteiger partial charge is 0.492 e. The lowest BCUT2D eigenvalue weighted by Crippen LogP contribution is -2.48. The van der Waals surface area contributed by atoms with E-state index in [-0.39, 0.29) is 19.0 Å². The van der Waals surface area contributed by atoms with Crippen molar-refractivity contribution in [1.29, 1.82) is 0 Å². The molecule has 0 aromatic heterocycles. The van der Waals surface area contributed by atoms with Crippen LogP contribution in [-0.2, 0) is 19.5 Å². The summed E-state index contributed by atoms with van der Waals surface area (Å²) in [5, 5.41) is 1.80. The quantitative estimate of drug-likeness (QED) is 0.749. The molecule has 5 nitrogen and oxygen atoms in total. The minimum absolute atomic E-state index is 0.0494. The van der Waals surface area contributed by atoms with Gasteiger partial charge >= 0.3 is 12.1 Å². The Morgan fingerprint density at radius 1 is 1.41 bits per heavy atom. The first-order valence-corrected chi connectivity index (χ1v) is 6.46. The van der Waals surface area contributed by atoms with Crippen LogP contribution in [0.4, 0.5) is 13.2 Å². The molecule has 0 spiro atoms. The first kappa shape index (κ1) is 14.0. The number of rotatable bonds is 3. The second-order valence-corrected chi connectivity index (χ2v) is 5.57. The van der Waals surface area contributed by atoms with Crippen molar-refractivity contribution >= 4 is 15.8 Å². The molecule has 17 heavy (non-hydrogen) atoms. The van der Waals surface area contributed by atoms with Gasteiger partial charge in [-0.2, -0.15) is 13.2 Å². The number of alkyl halides is 3. The number of sulfone groups is 1. The summed E-state index contributed by atoms with van der Waals surface area (Å²) < 4.78 is 56.8. The van der Waals surface area contributed by atoms with Gasteiger partial charge in [-0.1, -0.05) is 6.08 Å². The molecule has 0 aromatic carbocycles. The monoisotopic (exact) mass is 273 g/mol. The molecule has 0 aromatic rings. The van der Waals surface area contributed by atoms with Crippen molar-refractivity contribution in [2.75, 3.05) is 19.3 Å². The number of hydroxylamine groups is 2. The average molecular weight is 273 g/mol. The maximum Gasteiger partial charge on any atom is 0.492 e. The van der Waals surface area contributed by atoms with Gasteiger partial charge < -0.3 is 4.84 Å². The van der Waals surface area contributed by atoms with Crippen LogP contribution in [0.2, 0.25) is 0 Å². The smallest absolute Gasteiger partial charge is 0.361 e. The zero-order valence-corrected chi connectivity index (χ0v) is 9.59. The van der Waals surface area contributed by atoms with Crippen LogP contribution < -0.4 is 0 Å². The minimum atomic E-state index is -5.02. The van der Waals surface area contributed by atoms with Crippen molar-refractivity contribution in [3.63, 3.8) is 0 Å². The molecule has 0 radical (unpaired) electrons. The Morgan fingerprint density at radius 3 is 2.35 bits per heavy atom. The molecule has 1 saturated heterocycles. The summed E-state index contributed by atoms with van der Waals surface area (Å²) in [5.41, 5.74) is 0. The maximum absolute atomic E-state index is 11.8. The van der Waals surface area contributed by atoms with E-state index in [0.717, 1.165) is 16.7 Å². The van der Waals surface area contributed by atoms with Gasteiger partial charge in [0.15, 0.2) is 9.84 Å². The fourth-order valence-corrected chi connectivity index (χ4v) is 1.60. The van der Waals surface area contributed by atoms with E-state index in [1.165, 1.54) is 6.08 Å². The Kier molecular flexibility index (Phi) is 3.82. The highest BCUT2D eigenvalue weighted by Crippen LogP contribution is 2.22. The average Bonchev–Trinajstić information content (AvgIpc) is 2.04. The van der Waals surface area contributed by atoms with Gasteiger partial charge in [-0.3, -0.25) is 0 Å². The van der Waals surface area contributed by atoms with Crippen molar-refractivity contribution in [2.24, 2.45) is 5.92 Å². The van der Waals surface area contributed by atoms with Gasteiger partial charge in [-0.25, -0.2) is 13.2 Å². The van der Waals surface area contributed by atoms with Crippen molar-refractivity contribution in [3.8, 4) is 0 Å². The Morgan fingerprint density at radius 2 is 1.94 bits per heavy atom. The standard InChI is InChI=1S/C8H10F3NO4S/c1-17(14,15)3-2-6-4-12(5-6)16-7(13)8(9,10)11/h2-3,6H,4-5H2,1H3. The fourth-order valence-electron chi connectivity index (χ4n) is 1.09. The highest BCUT2D eigenvalue weighted by Gasteiger charge is 2.44. The molecule has 98 valence electrons. The Hall–Kier alpha value is -1.09. The van der Waals surface area contributed by atoms with Crippen LogP contribution in [0.1, 0.15) is 0 Å². The molecule has 0 atom stereocenters. The van der Waals surface area contributed by atoms with Gasteiger partial charge in [-0.05, 0) is 0 Å². The molecule has 0 unspecified atom stereocenters. The summed E-state index contributed by atoms with van der Waals surface area (Å²) in [6.07, 6.45) is -2.66. The van der Waals surface area contributed by atoms with Gasteiger partial charge in [0.1, 0.15) is 0 Å². The maximum atomic E-state index is 11.8. The summed E-state index contributed by atoms with van der Waals surface area (Å²) in [6, 6.07) is 0. The zero-order valence-electron chi connectivity index (χ0n) is 8.77. The van der Waals surface area contributed by atoms with E-state index in [1.807, 2.05) is 0 Å². The summed E-state index contributed by atoms with van der Waals surface area (Å²) in [5.74, 6) is -2.51. The van der Waals surface area contributed by atoms with Crippen LogP contribution in [0.15, 0.2) is 11.5 Å². The van der Waals surface area contributed by atoms with Gasteiger partial charge in [0.05, 0.1) is 0 Å². The van der Waals surface area contributed by atoms with E-state index in [4.69, 9.17) is 0 Å². The number of carbonyl (C=O) groups excluding carboxylic acids is 1. The van der Waals surface area contributed by atoms with Crippen LogP contribution in [0, 0.1) is 5.92 Å². The first-order chi connectivity index (χ1) is 7.58. The van der Waals surface area contributed by atoms with Crippen molar-refractivity contribution in [2.45, 2.75) is 6.18 Å². The Bertz CT molecular complexity index is 423. The fraction of sp³-hybridized carbons (Fsp3) is 0.625. The highest BCUT2D eigenvalue weighted by molar-refractivity contribution is 7.93. The van der Waals surface area contributed by atoms with Crippen LogP contribution in [0.3, 0.4) is 0 Å². The molecular weight excluding hydrogens is 263 g/mol. The van der Waals surface area contributed by atoms with Crippen LogP contribution in [-0.4, -0.2) is 45.0 Å². The summed E-state index contributed by atoms with van der Waals surface area (Å²) in [6.45, 7) is 0.0989. The number of carbonyl (C=O) groups is 1. The lowest BCUT2D eigenvalue weighted by atomic mass is 10.0. The van der Waals surface area contributed by atoms with Crippen LogP contribution >= 0.6 is 0 Å². The number of hydrogen-bond donors (Lipinski definition) is 0. The number of nitrogens with zero attached hydrogens (tertiary/aromatic N) is 1. The minimum Gasteiger partial charge on any atom is -0.361 e. The van der Waals surface area contributed by atoms with E-state index < -0.39 is 22.0 Å². The molecule has 0 N–H and O–H groups in total. The zero-order chi connectivity index (χ0) is 13.3. The van der Waals surface area contributed by atoms with Gasteiger partial charge in [0.25, 0.3) is 0 Å². The number of hydrogen-bond acceptors (Lipinski definition) is 5. The summed E-state index contributed by atoms with van der Waals surface area (Å²) in [7, 11) is -3.25. The summed E-state index contributed by atoms with van der Waals surface area (Å²) >= 11 is 0. The van der Waals surface area contributed by atoms with E-state index >= 15 is 0 Å². The Balaban J connectivity index is 2.34. The molecule has 0 saturated carbocycles. The normalized spacial score (nSPS) is 19.3. The second-order valence-electron chi connectivity index (χ2n) is 3.64. The molecule has 1 heterocycles. The third-order valence-electron chi connectivity index (χ3n) is 1.92. The van der Waals surface area contributed by atoms with Gasteiger partial charge in [0.2, 0.25) is 0 Å². The van der Waals surface area contributed by atoms with Crippen LogP contribution in [0.5, 0.6) is 0 Å². The SMILES string of the molecule is CS(=O)(=O)C=CC1CN(OC(=O)C(F)(F)F)C1. The molecule has 0 amide bonds. The van der Waals surface area contributed by atoms with Gasteiger partial charge in [0, 0.05) is 30.7 Å². The van der Waals surface area contributed by atoms with E-state index in [0.29, 0.717) is 0 Å². The lowest BCUT2D eigenvalue weighted by molar-refractivity contribution is -0.255. The van der Waals surface area contributed by atoms with E-state index in [1.54, 1.807) is 0 Å². The molecular formula is C8H10F3NO4S. The number of halogens is 3. The van der Waals surface area contributed by atoms with Crippen molar-refractivity contribution in [1.82, 2.24) is 5.06 Å². The first-order valence-electron chi connectivity index (χ1n) is 4.50. The second kappa shape index (κ2) is 4.65. The van der Waals surface area contributed by atoms with Gasteiger partial charge in [-0.15, -0.1) is 5.06 Å². The lowest BCUT2D eigenvalue weighted by Gasteiger charge is -2.35. The predicted molar refractivity (Wildman–Crippen MR) is 51.2 cm³/mol. The third-order valence-corrected chi connectivity index (χ3v) is 2.57. The Labute approximate surface area is 95.7 Å². The van der Waals surface area contributed by atoms with Crippen molar-refractivity contribution < 1.29 is 31.2 Å². The molecule has 0 aliphatic carbocycles. The molecule has 1 aliphatic heterocycles. The van der Waals surface area contributed by atoms with E-state index in [9.17, 15) is 26.4 Å². The topological polar surface area (TPSA) is 63.7 Å².